The monoisotopic (exact) mass is 366 g/mol. The van der Waals surface area contributed by atoms with Crippen molar-refractivity contribution in [2.45, 2.75) is 38.1 Å². The Kier molecular flexibility index (Phi) is 6.36. The summed E-state index contributed by atoms with van der Waals surface area (Å²) in [5.41, 5.74) is 0.724. The highest BCUT2D eigenvalue weighted by molar-refractivity contribution is 6.05. The molecule has 1 fully saturated rings. The summed E-state index contributed by atoms with van der Waals surface area (Å²) in [4.78, 5) is 25.3. The van der Waals surface area contributed by atoms with Crippen LogP contribution in [0, 0.1) is 5.82 Å². The molecule has 140 valence electrons. The van der Waals surface area contributed by atoms with Crippen molar-refractivity contribution >= 4 is 17.9 Å². The molecule has 1 saturated carbocycles. The Hall–Kier alpha value is -2.95. The van der Waals surface area contributed by atoms with E-state index in [2.05, 4.69) is 10.6 Å². The molecular formula is C22H23FN2O2. The van der Waals surface area contributed by atoms with Gasteiger partial charge in [0.2, 0.25) is 0 Å². The van der Waals surface area contributed by atoms with Gasteiger partial charge in [0.1, 0.15) is 11.5 Å². The molecule has 2 aromatic rings. The van der Waals surface area contributed by atoms with Gasteiger partial charge in [0.05, 0.1) is 0 Å². The Morgan fingerprint density at radius 3 is 2.30 bits per heavy atom. The van der Waals surface area contributed by atoms with Gasteiger partial charge >= 0.3 is 0 Å². The molecule has 27 heavy (non-hydrogen) atoms. The molecule has 2 amide bonds. The molecule has 4 nitrogen and oxygen atoms in total. The van der Waals surface area contributed by atoms with Gasteiger partial charge < -0.3 is 10.6 Å². The second-order valence-electron chi connectivity index (χ2n) is 6.71. The maximum atomic E-state index is 14.0. The average molecular weight is 366 g/mol. The van der Waals surface area contributed by atoms with Gasteiger partial charge in [-0.25, -0.2) is 4.39 Å². The smallest absolute Gasteiger partial charge is 0.268 e. The molecule has 2 N–H and O–H groups in total. The van der Waals surface area contributed by atoms with Crippen LogP contribution in [0.1, 0.15) is 48.0 Å². The van der Waals surface area contributed by atoms with Gasteiger partial charge in [-0.15, -0.1) is 0 Å². The average Bonchev–Trinajstić information content (AvgIpc) is 2.70. The van der Waals surface area contributed by atoms with E-state index in [-0.39, 0.29) is 17.3 Å². The lowest BCUT2D eigenvalue weighted by molar-refractivity contribution is -0.118. The van der Waals surface area contributed by atoms with Gasteiger partial charge in [0.25, 0.3) is 11.8 Å². The van der Waals surface area contributed by atoms with E-state index in [0.717, 1.165) is 25.7 Å². The SMILES string of the molecule is O=C(NC1CCCCC1)C(=Cc1ccccc1F)NC(=O)c1ccccc1. The Morgan fingerprint density at radius 2 is 1.59 bits per heavy atom. The van der Waals surface area contributed by atoms with Crippen molar-refractivity contribution < 1.29 is 14.0 Å². The summed E-state index contributed by atoms with van der Waals surface area (Å²) in [5.74, 6) is -1.25. The van der Waals surface area contributed by atoms with Crippen molar-refractivity contribution in [3.05, 3.63) is 77.2 Å². The van der Waals surface area contributed by atoms with Crippen LogP contribution in [0.5, 0.6) is 0 Å². The van der Waals surface area contributed by atoms with Gasteiger partial charge in [-0.3, -0.25) is 9.59 Å². The molecule has 1 aliphatic carbocycles. The summed E-state index contributed by atoms with van der Waals surface area (Å²) < 4.78 is 14.0. The van der Waals surface area contributed by atoms with Crippen LogP contribution in [0.2, 0.25) is 0 Å². The first kappa shape index (κ1) is 18.8. The molecule has 0 atom stereocenters. The predicted molar refractivity (Wildman–Crippen MR) is 103 cm³/mol. The van der Waals surface area contributed by atoms with Crippen LogP contribution in [0.3, 0.4) is 0 Å². The standard InChI is InChI=1S/C22H23FN2O2/c23-19-14-8-7-11-17(19)15-20(22(27)24-18-12-5-2-6-13-18)25-21(26)16-9-3-1-4-10-16/h1,3-4,7-11,14-15,18H,2,5-6,12-13H2,(H,24,27)(H,25,26). The molecule has 0 aromatic heterocycles. The number of hydrogen-bond donors (Lipinski definition) is 2. The van der Waals surface area contributed by atoms with Gasteiger partial charge in [-0.05, 0) is 37.1 Å². The fourth-order valence-corrected chi connectivity index (χ4v) is 3.20. The van der Waals surface area contributed by atoms with Crippen LogP contribution < -0.4 is 10.6 Å². The van der Waals surface area contributed by atoms with E-state index in [0.29, 0.717) is 5.56 Å². The van der Waals surface area contributed by atoms with Crippen molar-refractivity contribution in [3.63, 3.8) is 0 Å². The number of carbonyl (C=O) groups is 2. The topological polar surface area (TPSA) is 58.2 Å². The summed E-state index contributed by atoms with van der Waals surface area (Å²) in [7, 11) is 0. The first-order chi connectivity index (χ1) is 13.1. The molecule has 0 spiro atoms. The summed E-state index contributed by atoms with van der Waals surface area (Å²) in [6.07, 6.45) is 6.56. The van der Waals surface area contributed by atoms with Crippen molar-refractivity contribution in [1.29, 1.82) is 0 Å². The molecule has 0 aliphatic heterocycles. The molecule has 2 aromatic carbocycles. The summed E-state index contributed by atoms with van der Waals surface area (Å²) >= 11 is 0. The summed E-state index contributed by atoms with van der Waals surface area (Å²) in [6, 6.07) is 14.9. The van der Waals surface area contributed by atoms with Crippen LogP contribution >= 0.6 is 0 Å². The van der Waals surface area contributed by atoms with Crippen LogP contribution in [-0.4, -0.2) is 17.9 Å². The van der Waals surface area contributed by atoms with E-state index in [1.807, 2.05) is 6.07 Å². The minimum absolute atomic E-state index is 0.0412. The van der Waals surface area contributed by atoms with Crippen LogP contribution in [0.25, 0.3) is 6.08 Å². The molecule has 0 radical (unpaired) electrons. The quantitative estimate of drug-likeness (QED) is 0.785. The molecule has 0 unspecified atom stereocenters. The first-order valence-corrected chi connectivity index (χ1v) is 9.27. The molecule has 1 aliphatic rings. The molecule has 5 heteroatoms. The minimum atomic E-state index is -0.450. The third kappa shape index (κ3) is 5.26. The number of rotatable bonds is 5. The largest absolute Gasteiger partial charge is 0.348 e. The van der Waals surface area contributed by atoms with Crippen molar-refractivity contribution in [1.82, 2.24) is 10.6 Å². The van der Waals surface area contributed by atoms with E-state index in [4.69, 9.17) is 0 Å². The van der Waals surface area contributed by atoms with E-state index < -0.39 is 17.6 Å². The lowest BCUT2D eigenvalue weighted by Crippen LogP contribution is -2.41. The van der Waals surface area contributed by atoms with Crippen LogP contribution in [-0.2, 0) is 4.79 Å². The van der Waals surface area contributed by atoms with Gasteiger partial charge in [0.15, 0.2) is 0 Å². The number of halogens is 1. The minimum Gasteiger partial charge on any atom is -0.348 e. The third-order valence-corrected chi connectivity index (χ3v) is 4.67. The third-order valence-electron chi connectivity index (χ3n) is 4.67. The number of hydrogen-bond acceptors (Lipinski definition) is 2. The Morgan fingerprint density at radius 1 is 0.926 bits per heavy atom. The van der Waals surface area contributed by atoms with E-state index in [1.54, 1.807) is 42.5 Å². The number of nitrogens with one attached hydrogen (secondary N) is 2. The lowest BCUT2D eigenvalue weighted by atomic mass is 9.95. The van der Waals surface area contributed by atoms with Crippen LogP contribution in [0.4, 0.5) is 4.39 Å². The zero-order chi connectivity index (χ0) is 19.1. The highest BCUT2D eigenvalue weighted by atomic mass is 19.1. The van der Waals surface area contributed by atoms with E-state index in [1.165, 1.54) is 18.6 Å². The molecule has 0 heterocycles. The number of carbonyl (C=O) groups excluding carboxylic acids is 2. The Bertz CT molecular complexity index is 827. The fourth-order valence-electron chi connectivity index (χ4n) is 3.20. The Labute approximate surface area is 158 Å². The molecular weight excluding hydrogens is 343 g/mol. The van der Waals surface area contributed by atoms with Crippen molar-refractivity contribution in [3.8, 4) is 0 Å². The maximum absolute atomic E-state index is 14.0. The lowest BCUT2D eigenvalue weighted by Gasteiger charge is -2.23. The second kappa shape index (κ2) is 9.12. The fraction of sp³-hybridized carbons (Fsp3) is 0.273. The zero-order valence-corrected chi connectivity index (χ0v) is 15.1. The Balaban J connectivity index is 1.82. The number of amides is 2. The highest BCUT2D eigenvalue weighted by Gasteiger charge is 2.20. The second-order valence-corrected chi connectivity index (χ2v) is 6.71. The molecule has 0 saturated heterocycles. The van der Waals surface area contributed by atoms with Crippen molar-refractivity contribution in [2.75, 3.05) is 0 Å². The van der Waals surface area contributed by atoms with E-state index >= 15 is 0 Å². The molecule has 3 rings (SSSR count). The summed E-state index contributed by atoms with van der Waals surface area (Å²) in [6.45, 7) is 0. The van der Waals surface area contributed by atoms with Gasteiger partial charge in [0, 0.05) is 17.2 Å². The highest BCUT2D eigenvalue weighted by Crippen LogP contribution is 2.18. The van der Waals surface area contributed by atoms with Gasteiger partial charge in [-0.1, -0.05) is 55.7 Å². The molecule has 0 bridgehead atoms. The number of benzene rings is 2. The van der Waals surface area contributed by atoms with Gasteiger partial charge in [-0.2, -0.15) is 0 Å². The van der Waals surface area contributed by atoms with Crippen molar-refractivity contribution in [2.24, 2.45) is 0 Å². The normalized spacial score (nSPS) is 15.2. The maximum Gasteiger partial charge on any atom is 0.268 e. The van der Waals surface area contributed by atoms with E-state index in [9.17, 15) is 14.0 Å². The summed E-state index contributed by atoms with van der Waals surface area (Å²) in [5, 5.41) is 5.61. The zero-order valence-electron chi connectivity index (χ0n) is 15.1. The first-order valence-electron chi connectivity index (χ1n) is 9.27. The van der Waals surface area contributed by atoms with Crippen LogP contribution in [0.15, 0.2) is 60.3 Å². The predicted octanol–water partition coefficient (Wildman–Crippen LogP) is 4.05.